The van der Waals surface area contributed by atoms with E-state index in [2.05, 4.69) is 40.8 Å². The highest BCUT2D eigenvalue weighted by Gasteiger charge is 2.51. The lowest BCUT2D eigenvalue weighted by molar-refractivity contribution is -0.113. The molecule has 1 amide bonds. The van der Waals surface area contributed by atoms with Crippen LogP contribution >= 0.6 is 0 Å². The van der Waals surface area contributed by atoms with Gasteiger partial charge in [0.15, 0.2) is 0 Å². The maximum atomic E-state index is 14.5. The lowest BCUT2D eigenvalue weighted by Gasteiger charge is -2.43. The molecule has 1 aliphatic rings. The summed E-state index contributed by atoms with van der Waals surface area (Å²) in [6.07, 6.45) is 0. The second-order valence-electron chi connectivity index (χ2n) is 9.77. The normalized spacial score (nSPS) is 15.7. The lowest BCUT2D eigenvalue weighted by Crippen LogP contribution is -2.51. The van der Waals surface area contributed by atoms with Crippen molar-refractivity contribution >= 4 is 28.3 Å². The maximum absolute atomic E-state index is 14.5. The van der Waals surface area contributed by atoms with Gasteiger partial charge in [0.25, 0.3) is 5.91 Å². The van der Waals surface area contributed by atoms with Crippen LogP contribution in [0.15, 0.2) is 120 Å². The van der Waals surface area contributed by atoms with Crippen molar-refractivity contribution in [1.29, 1.82) is 0 Å². The third kappa shape index (κ3) is 3.90. The van der Waals surface area contributed by atoms with Crippen molar-refractivity contribution in [3.63, 3.8) is 0 Å². The molecule has 180 valence electrons. The van der Waals surface area contributed by atoms with Crippen LogP contribution in [-0.4, -0.2) is 20.6 Å². The van der Waals surface area contributed by atoms with E-state index >= 15 is 0 Å². The number of hydrogen-bond donors (Lipinski definition) is 0. The Morgan fingerprint density at radius 2 is 1.06 bits per heavy atom. The van der Waals surface area contributed by atoms with E-state index in [9.17, 15) is 9.00 Å². The van der Waals surface area contributed by atoms with Gasteiger partial charge in [-0.3, -0.25) is 9.69 Å². The number of amides is 1. The predicted octanol–water partition coefficient (Wildman–Crippen LogP) is 6.28. The molecule has 0 N–H and O–H groups in total. The summed E-state index contributed by atoms with van der Waals surface area (Å²) < 4.78 is 17.0. The van der Waals surface area contributed by atoms with Crippen molar-refractivity contribution in [3.05, 3.63) is 138 Å². The van der Waals surface area contributed by atoms with Crippen LogP contribution in [0.25, 0.3) is 0 Å². The van der Waals surface area contributed by atoms with Crippen LogP contribution in [-0.2, 0) is 21.3 Å². The SMILES string of the molecule is CC(C)(C)[S@@](=O)/N=C1/C(=O)N(C(c2ccccc2)(c2ccccc2)c2ccccc2)c2ccccc21. The van der Waals surface area contributed by atoms with Gasteiger partial charge in [-0.2, -0.15) is 4.40 Å². The molecular formula is C31H28N2O2S. The van der Waals surface area contributed by atoms with Gasteiger partial charge in [0.05, 0.1) is 10.4 Å². The molecule has 0 bridgehead atoms. The second-order valence-corrected chi connectivity index (χ2v) is 11.7. The standard InChI is InChI=1S/C31H28N2O2S/c1-30(2,3)36(35)32-28-26-21-13-14-22-27(26)33(29(28)34)31(23-15-7-4-8-16-23,24-17-9-5-10-18-24)25-19-11-6-12-20-25/h4-22H,1-3H3/b32-28+/t36-/m1/s1. The van der Waals surface area contributed by atoms with Crippen LogP contribution in [0.4, 0.5) is 5.69 Å². The average Bonchev–Trinajstić information content (AvgIpc) is 3.18. The van der Waals surface area contributed by atoms with Gasteiger partial charge in [-0.1, -0.05) is 109 Å². The Bertz CT molecular complexity index is 1350. The van der Waals surface area contributed by atoms with E-state index in [1.165, 1.54) is 0 Å². The number of carbonyl (C=O) groups excluding carboxylic acids is 1. The summed E-state index contributed by atoms with van der Waals surface area (Å²) in [5.41, 5.74) is 3.52. The fourth-order valence-electron chi connectivity index (χ4n) is 4.77. The molecule has 1 heterocycles. The Balaban J connectivity index is 1.88. The molecule has 0 unspecified atom stereocenters. The number of rotatable bonds is 5. The quantitative estimate of drug-likeness (QED) is 0.308. The van der Waals surface area contributed by atoms with Gasteiger partial charge in [0.2, 0.25) is 0 Å². The molecule has 0 radical (unpaired) electrons. The van der Waals surface area contributed by atoms with E-state index in [1.54, 1.807) is 0 Å². The summed E-state index contributed by atoms with van der Waals surface area (Å²) in [5, 5.41) is 0. The summed E-state index contributed by atoms with van der Waals surface area (Å²) >= 11 is 0. The first kappa shape index (κ1) is 23.9. The summed E-state index contributed by atoms with van der Waals surface area (Å²) in [5.74, 6) is -0.273. The second kappa shape index (κ2) is 9.32. The monoisotopic (exact) mass is 492 g/mol. The molecule has 0 fully saturated rings. The Morgan fingerprint density at radius 3 is 1.50 bits per heavy atom. The van der Waals surface area contributed by atoms with Crippen LogP contribution in [0.3, 0.4) is 0 Å². The Morgan fingerprint density at radius 1 is 0.639 bits per heavy atom. The zero-order chi connectivity index (χ0) is 25.3. The number of nitrogens with zero attached hydrogens (tertiary/aromatic N) is 2. The molecule has 0 saturated heterocycles. The molecule has 5 heteroatoms. The number of hydrogen-bond acceptors (Lipinski definition) is 2. The first-order chi connectivity index (χ1) is 17.3. The zero-order valence-electron chi connectivity index (χ0n) is 20.6. The highest BCUT2D eigenvalue weighted by molar-refractivity contribution is 7.85. The highest BCUT2D eigenvalue weighted by atomic mass is 32.2. The lowest BCUT2D eigenvalue weighted by atomic mass is 9.75. The number of fused-ring (bicyclic) bond motifs is 1. The fourth-order valence-corrected chi connectivity index (χ4v) is 5.38. The Hall–Kier alpha value is -3.83. The van der Waals surface area contributed by atoms with Crippen molar-refractivity contribution in [1.82, 2.24) is 0 Å². The van der Waals surface area contributed by atoms with Crippen molar-refractivity contribution in [2.45, 2.75) is 31.1 Å². The minimum Gasteiger partial charge on any atom is -0.288 e. The van der Waals surface area contributed by atoms with Gasteiger partial charge in [-0.15, -0.1) is 0 Å². The summed E-state index contributed by atoms with van der Waals surface area (Å²) in [4.78, 5) is 16.3. The maximum Gasteiger partial charge on any atom is 0.279 e. The minimum absolute atomic E-state index is 0.228. The molecule has 0 aromatic heterocycles. The Labute approximate surface area is 214 Å². The molecule has 1 atom stereocenters. The largest absolute Gasteiger partial charge is 0.288 e. The van der Waals surface area contributed by atoms with Crippen LogP contribution in [0.1, 0.15) is 43.0 Å². The first-order valence-electron chi connectivity index (χ1n) is 12.0. The van der Waals surface area contributed by atoms with Crippen LogP contribution < -0.4 is 4.90 Å². The highest BCUT2D eigenvalue weighted by Crippen LogP contribution is 2.48. The van der Waals surface area contributed by atoms with Gasteiger partial charge >= 0.3 is 0 Å². The molecule has 36 heavy (non-hydrogen) atoms. The Kier molecular flexibility index (Phi) is 6.19. The van der Waals surface area contributed by atoms with E-state index in [1.807, 2.05) is 105 Å². The molecule has 0 aliphatic carbocycles. The fraction of sp³-hybridized carbons (Fsp3) is 0.161. The molecular weight excluding hydrogens is 464 g/mol. The van der Waals surface area contributed by atoms with Gasteiger partial charge in [0.1, 0.15) is 22.2 Å². The molecule has 4 nitrogen and oxygen atoms in total. The van der Waals surface area contributed by atoms with E-state index in [0.29, 0.717) is 5.56 Å². The molecule has 1 aliphatic heterocycles. The third-order valence-corrected chi connectivity index (χ3v) is 7.81. The average molecular weight is 493 g/mol. The third-order valence-electron chi connectivity index (χ3n) is 6.41. The van der Waals surface area contributed by atoms with E-state index < -0.39 is 21.3 Å². The molecule has 4 aromatic carbocycles. The molecule has 0 saturated carbocycles. The predicted molar refractivity (Wildman–Crippen MR) is 148 cm³/mol. The zero-order valence-corrected chi connectivity index (χ0v) is 21.4. The van der Waals surface area contributed by atoms with Gasteiger partial charge in [-0.05, 0) is 43.5 Å². The van der Waals surface area contributed by atoms with Gasteiger partial charge in [-0.25, -0.2) is 4.21 Å². The van der Waals surface area contributed by atoms with Crippen molar-refractivity contribution < 1.29 is 9.00 Å². The summed E-state index contributed by atoms with van der Waals surface area (Å²) in [6.45, 7) is 5.58. The van der Waals surface area contributed by atoms with Crippen LogP contribution in [0, 0.1) is 0 Å². The molecule has 0 spiro atoms. The van der Waals surface area contributed by atoms with Crippen molar-refractivity contribution in [2.75, 3.05) is 4.90 Å². The topological polar surface area (TPSA) is 49.7 Å². The van der Waals surface area contributed by atoms with Gasteiger partial charge < -0.3 is 0 Å². The van der Waals surface area contributed by atoms with E-state index in [-0.39, 0.29) is 11.6 Å². The van der Waals surface area contributed by atoms with Crippen LogP contribution in [0.2, 0.25) is 0 Å². The summed E-state index contributed by atoms with van der Waals surface area (Å²) in [6, 6.07) is 37.8. The minimum atomic E-state index is -1.59. The van der Waals surface area contributed by atoms with E-state index in [4.69, 9.17) is 0 Å². The van der Waals surface area contributed by atoms with Crippen molar-refractivity contribution in [2.24, 2.45) is 4.40 Å². The smallest absolute Gasteiger partial charge is 0.279 e. The summed E-state index contributed by atoms with van der Waals surface area (Å²) in [7, 11) is -1.59. The van der Waals surface area contributed by atoms with E-state index in [0.717, 1.165) is 22.4 Å². The van der Waals surface area contributed by atoms with Crippen LogP contribution in [0.5, 0.6) is 0 Å². The van der Waals surface area contributed by atoms with Crippen molar-refractivity contribution in [3.8, 4) is 0 Å². The number of anilines is 1. The molecule has 5 rings (SSSR count). The van der Waals surface area contributed by atoms with Gasteiger partial charge in [0, 0.05) is 5.56 Å². The number of carbonyl (C=O) groups is 1. The number of para-hydroxylation sites is 1. The number of benzene rings is 4. The first-order valence-corrected chi connectivity index (χ1v) is 13.1. The molecule has 4 aromatic rings.